The van der Waals surface area contributed by atoms with Crippen molar-refractivity contribution < 1.29 is 32.9 Å². The van der Waals surface area contributed by atoms with Crippen molar-refractivity contribution in [1.82, 2.24) is 0 Å². The average molecular weight is 497 g/mol. The van der Waals surface area contributed by atoms with Crippen molar-refractivity contribution >= 4 is 5.97 Å². The normalized spacial score (nSPS) is 14.4. The molecule has 1 saturated heterocycles. The van der Waals surface area contributed by atoms with E-state index in [9.17, 15) is 18.7 Å². The predicted octanol–water partition coefficient (Wildman–Crippen LogP) is 5.98. The average Bonchev–Trinajstić information content (AvgIpc) is 2.85. The summed E-state index contributed by atoms with van der Waals surface area (Å²) >= 11 is 0. The molecule has 1 N–H and O–H groups in total. The van der Waals surface area contributed by atoms with Crippen LogP contribution in [-0.4, -0.2) is 43.7 Å². The minimum atomic E-state index is -1.09. The molecule has 0 radical (unpaired) electrons. The Balaban J connectivity index is 1.46. The topological polar surface area (TPSA) is 65.0 Å². The predicted molar refractivity (Wildman–Crippen MR) is 133 cm³/mol. The lowest BCUT2D eigenvalue weighted by Gasteiger charge is -2.40. The zero-order chi connectivity index (χ0) is 25.7. The second-order valence-electron chi connectivity index (χ2n) is 9.27. The van der Waals surface area contributed by atoms with E-state index in [0.717, 1.165) is 33.4 Å². The molecule has 1 aliphatic rings. The summed E-state index contributed by atoms with van der Waals surface area (Å²) in [5.74, 6) is 0.299. The first-order valence-electron chi connectivity index (χ1n) is 11.9. The Labute approximate surface area is 209 Å². The molecule has 0 aliphatic carbocycles. The Bertz CT molecular complexity index is 1200. The largest absolute Gasteiger partial charge is 0.489 e. The molecule has 0 atom stereocenters. The van der Waals surface area contributed by atoms with Crippen molar-refractivity contribution in [2.24, 2.45) is 0 Å². The van der Waals surface area contributed by atoms with Gasteiger partial charge in [0.2, 0.25) is 0 Å². The summed E-state index contributed by atoms with van der Waals surface area (Å²) in [5, 5.41) is 9.24. The van der Waals surface area contributed by atoms with Crippen LogP contribution < -0.4 is 9.47 Å². The Hall–Kier alpha value is -3.45. The maximum Gasteiger partial charge on any atom is 0.304 e. The third-order valence-corrected chi connectivity index (χ3v) is 6.69. The lowest BCUT2D eigenvalue weighted by atomic mass is 9.76. The van der Waals surface area contributed by atoms with E-state index >= 15 is 0 Å². The fraction of sp³-hybridized carbons (Fsp3) is 0.345. The number of carboxylic acid groups (broad SMARTS) is 1. The third-order valence-electron chi connectivity index (χ3n) is 6.69. The van der Waals surface area contributed by atoms with E-state index in [0.29, 0.717) is 31.3 Å². The Kier molecular flexibility index (Phi) is 7.89. The zero-order valence-electron chi connectivity index (χ0n) is 20.4. The van der Waals surface area contributed by atoms with Crippen molar-refractivity contribution in [3.8, 4) is 22.6 Å². The number of hydrogen-bond donors (Lipinski definition) is 1. The van der Waals surface area contributed by atoms with Gasteiger partial charge in [-0.1, -0.05) is 36.4 Å². The number of alkyl halides is 2. The van der Waals surface area contributed by atoms with E-state index in [1.54, 1.807) is 12.1 Å². The number of rotatable bonds is 11. The van der Waals surface area contributed by atoms with E-state index in [4.69, 9.17) is 14.2 Å². The highest BCUT2D eigenvalue weighted by atomic mass is 19.1. The van der Waals surface area contributed by atoms with Gasteiger partial charge >= 0.3 is 5.97 Å². The quantitative estimate of drug-likeness (QED) is 0.354. The van der Waals surface area contributed by atoms with Gasteiger partial charge in [0.25, 0.3) is 0 Å². The van der Waals surface area contributed by atoms with Gasteiger partial charge in [0.1, 0.15) is 31.5 Å². The summed E-state index contributed by atoms with van der Waals surface area (Å²) < 4.78 is 42.4. The Morgan fingerprint density at radius 2 is 1.69 bits per heavy atom. The number of benzene rings is 3. The molecule has 0 aromatic heterocycles. The molecular weight excluding hydrogens is 466 g/mol. The first-order valence-corrected chi connectivity index (χ1v) is 11.9. The van der Waals surface area contributed by atoms with Crippen molar-refractivity contribution in [3.63, 3.8) is 0 Å². The molecule has 0 amide bonds. The smallest absolute Gasteiger partial charge is 0.304 e. The number of carbonyl (C=O) groups is 1. The second-order valence-corrected chi connectivity index (χ2v) is 9.27. The molecule has 3 aromatic rings. The van der Waals surface area contributed by atoms with Crippen molar-refractivity contribution in [3.05, 3.63) is 82.9 Å². The minimum Gasteiger partial charge on any atom is -0.489 e. The first-order chi connectivity index (χ1) is 17.3. The minimum absolute atomic E-state index is 0.0397. The van der Waals surface area contributed by atoms with Crippen LogP contribution in [0.15, 0.2) is 60.7 Å². The van der Waals surface area contributed by atoms with Gasteiger partial charge in [-0.15, -0.1) is 0 Å². The lowest BCUT2D eigenvalue weighted by molar-refractivity contribution is -0.145. The summed E-state index contributed by atoms with van der Waals surface area (Å²) in [6, 6.07) is 19.0. The van der Waals surface area contributed by atoms with Crippen LogP contribution in [0, 0.1) is 13.8 Å². The summed E-state index contributed by atoms with van der Waals surface area (Å²) in [4.78, 5) is 11.3. The van der Waals surface area contributed by atoms with Crippen molar-refractivity contribution in [2.45, 2.75) is 38.4 Å². The van der Waals surface area contributed by atoms with Crippen LogP contribution in [0.5, 0.6) is 11.5 Å². The van der Waals surface area contributed by atoms with Crippen LogP contribution in [-0.2, 0) is 21.6 Å². The van der Waals surface area contributed by atoms with Crippen LogP contribution in [0.3, 0.4) is 0 Å². The van der Waals surface area contributed by atoms with Gasteiger partial charge in [0.05, 0.1) is 25.0 Å². The van der Waals surface area contributed by atoms with E-state index in [-0.39, 0.29) is 6.42 Å². The fourth-order valence-corrected chi connectivity index (χ4v) is 4.51. The van der Waals surface area contributed by atoms with Gasteiger partial charge in [-0.25, -0.2) is 8.78 Å². The maximum absolute atomic E-state index is 12.8. The van der Waals surface area contributed by atoms with Gasteiger partial charge in [0, 0.05) is 0 Å². The van der Waals surface area contributed by atoms with E-state index in [1.165, 1.54) is 0 Å². The number of halogens is 2. The van der Waals surface area contributed by atoms with Gasteiger partial charge in [-0.05, 0) is 71.5 Å². The second kappa shape index (κ2) is 11.1. The molecule has 1 heterocycles. The molecule has 5 nitrogen and oxygen atoms in total. The summed E-state index contributed by atoms with van der Waals surface area (Å²) in [6.45, 7) is 3.41. The highest BCUT2D eigenvalue weighted by molar-refractivity contribution is 5.72. The number of ether oxygens (including phenoxy) is 3. The van der Waals surface area contributed by atoms with E-state index in [2.05, 4.69) is 0 Å². The molecule has 36 heavy (non-hydrogen) atoms. The molecule has 4 rings (SSSR count). The molecule has 0 spiro atoms. The Morgan fingerprint density at radius 1 is 1.00 bits per heavy atom. The van der Waals surface area contributed by atoms with Gasteiger partial charge in [-0.2, -0.15) is 0 Å². The fourth-order valence-electron chi connectivity index (χ4n) is 4.51. The maximum atomic E-state index is 12.8. The molecular formula is C29H30F2O5. The van der Waals surface area contributed by atoms with Crippen molar-refractivity contribution in [2.75, 3.05) is 26.6 Å². The number of aliphatic carboxylic acids is 1. The van der Waals surface area contributed by atoms with Crippen molar-refractivity contribution in [1.29, 1.82) is 0 Å². The van der Waals surface area contributed by atoms with Gasteiger partial charge in [0.15, 0.2) is 6.10 Å². The number of aryl methyl sites for hydroxylation is 1. The van der Waals surface area contributed by atoms with Crippen LogP contribution in [0.1, 0.15) is 28.7 Å². The number of hydrogen-bond acceptors (Lipinski definition) is 4. The van der Waals surface area contributed by atoms with Crippen LogP contribution in [0.2, 0.25) is 0 Å². The molecule has 0 bridgehead atoms. The molecule has 7 heteroatoms. The van der Waals surface area contributed by atoms with Gasteiger partial charge < -0.3 is 19.3 Å². The molecule has 1 fully saturated rings. The van der Waals surface area contributed by atoms with Crippen LogP contribution >= 0.6 is 0 Å². The highest BCUT2D eigenvalue weighted by Crippen LogP contribution is 2.37. The van der Waals surface area contributed by atoms with E-state index in [1.807, 2.05) is 62.4 Å². The summed E-state index contributed by atoms with van der Waals surface area (Å²) in [6.07, 6.45) is -1.05. The monoisotopic (exact) mass is 496 g/mol. The SMILES string of the molecule is Cc1cc(OC(CF)CF)ccc1-c1cccc(COc2ccc(C3(CC(=O)O)COC3)cc2)c1C. The molecule has 3 aromatic carbocycles. The highest BCUT2D eigenvalue weighted by Gasteiger charge is 2.42. The van der Waals surface area contributed by atoms with Gasteiger partial charge in [-0.3, -0.25) is 4.79 Å². The molecule has 0 saturated carbocycles. The van der Waals surface area contributed by atoms with E-state index < -0.39 is 30.8 Å². The lowest BCUT2D eigenvalue weighted by Crippen LogP contribution is -2.48. The number of carboxylic acids is 1. The summed E-state index contributed by atoms with van der Waals surface area (Å²) in [7, 11) is 0. The molecule has 1 aliphatic heterocycles. The summed E-state index contributed by atoms with van der Waals surface area (Å²) in [5.41, 5.74) is 5.57. The molecule has 190 valence electrons. The Morgan fingerprint density at radius 3 is 2.28 bits per heavy atom. The standard InChI is InChI=1S/C29H30F2O5/c1-19-12-24(36-25(14-30)15-31)10-11-26(19)27-5-3-4-21(20(27)2)16-35-23-8-6-22(7-9-23)29(13-28(32)33)17-34-18-29/h3-12,25H,13-18H2,1-2H3,(H,32,33). The first kappa shape index (κ1) is 25.6. The third kappa shape index (κ3) is 5.51. The molecule has 0 unspecified atom stereocenters. The van der Waals surface area contributed by atoms with Crippen LogP contribution in [0.4, 0.5) is 8.78 Å². The van der Waals surface area contributed by atoms with Crippen LogP contribution in [0.25, 0.3) is 11.1 Å². The zero-order valence-corrected chi connectivity index (χ0v) is 20.4.